The van der Waals surface area contributed by atoms with Gasteiger partial charge in [-0.3, -0.25) is 4.79 Å². The molecule has 1 atom stereocenters. The van der Waals surface area contributed by atoms with E-state index in [0.717, 1.165) is 23.4 Å². The quantitative estimate of drug-likeness (QED) is 0.846. The Bertz CT molecular complexity index is 794. The molecule has 1 heterocycles. The fourth-order valence-corrected chi connectivity index (χ4v) is 3.51. The number of carbonyl (C=O) groups is 1. The summed E-state index contributed by atoms with van der Waals surface area (Å²) < 4.78 is 16.2. The Balaban J connectivity index is 1.86. The van der Waals surface area contributed by atoms with Crippen LogP contribution in [-0.2, 0) is 11.2 Å². The molecule has 1 unspecified atom stereocenters. The van der Waals surface area contributed by atoms with Crippen molar-refractivity contribution in [2.75, 3.05) is 41.0 Å². The Morgan fingerprint density at radius 1 is 1.07 bits per heavy atom. The molecule has 0 spiro atoms. The van der Waals surface area contributed by atoms with Crippen molar-refractivity contribution < 1.29 is 19.0 Å². The number of carbonyl (C=O) groups excluding carboxylic acids is 1. The highest BCUT2D eigenvalue weighted by Crippen LogP contribution is 2.31. The van der Waals surface area contributed by atoms with E-state index in [-0.39, 0.29) is 18.4 Å². The summed E-state index contributed by atoms with van der Waals surface area (Å²) >= 11 is 0. The summed E-state index contributed by atoms with van der Waals surface area (Å²) in [4.78, 5) is 15.1. The van der Waals surface area contributed by atoms with Crippen LogP contribution < -0.4 is 19.5 Å². The minimum Gasteiger partial charge on any atom is -0.497 e. The average Bonchev–Trinajstić information content (AvgIpc) is 2.73. The van der Waals surface area contributed by atoms with E-state index in [1.807, 2.05) is 47.4 Å². The Labute approximate surface area is 160 Å². The molecule has 0 aliphatic carbocycles. The standard InChI is InChI=1S/C21H26N2O4/c1-25-16-8-9-19(26-2)15(12-16)13-21(24)23-11-10-22-14-18(23)17-6-4-5-7-20(17)27-3/h4-9,12,18,22H,10-11,13-14H2,1-3H3. The predicted molar refractivity (Wildman–Crippen MR) is 104 cm³/mol. The molecule has 0 bridgehead atoms. The maximum absolute atomic E-state index is 13.2. The second-order valence-electron chi connectivity index (χ2n) is 6.40. The third-order valence-corrected chi connectivity index (χ3v) is 4.89. The summed E-state index contributed by atoms with van der Waals surface area (Å²) in [6.07, 6.45) is 0.256. The average molecular weight is 370 g/mol. The van der Waals surface area contributed by atoms with E-state index >= 15 is 0 Å². The molecule has 2 aromatic rings. The lowest BCUT2D eigenvalue weighted by Crippen LogP contribution is -2.49. The van der Waals surface area contributed by atoms with Crippen molar-refractivity contribution in [2.45, 2.75) is 12.5 Å². The van der Waals surface area contributed by atoms with Gasteiger partial charge in [-0.1, -0.05) is 18.2 Å². The van der Waals surface area contributed by atoms with Gasteiger partial charge in [0.15, 0.2) is 0 Å². The third kappa shape index (κ3) is 4.17. The van der Waals surface area contributed by atoms with E-state index in [1.165, 1.54) is 0 Å². The number of para-hydroxylation sites is 1. The number of rotatable bonds is 6. The largest absolute Gasteiger partial charge is 0.497 e. The van der Waals surface area contributed by atoms with Gasteiger partial charge in [-0.05, 0) is 24.3 Å². The van der Waals surface area contributed by atoms with Crippen LogP contribution in [0.5, 0.6) is 17.2 Å². The van der Waals surface area contributed by atoms with E-state index in [2.05, 4.69) is 5.32 Å². The number of hydrogen-bond donors (Lipinski definition) is 1. The maximum Gasteiger partial charge on any atom is 0.227 e. The summed E-state index contributed by atoms with van der Waals surface area (Å²) in [7, 11) is 4.88. The van der Waals surface area contributed by atoms with Gasteiger partial charge in [0.05, 0.1) is 33.8 Å². The van der Waals surface area contributed by atoms with Crippen LogP contribution in [0.4, 0.5) is 0 Å². The van der Waals surface area contributed by atoms with Gasteiger partial charge >= 0.3 is 0 Å². The summed E-state index contributed by atoms with van der Waals surface area (Å²) in [6.45, 7) is 2.11. The van der Waals surface area contributed by atoms with E-state index < -0.39 is 0 Å². The zero-order chi connectivity index (χ0) is 19.2. The summed E-state index contributed by atoms with van der Waals surface area (Å²) in [5.74, 6) is 2.25. The third-order valence-electron chi connectivity index (χ3n) is 4.89. The lowest BCUT2D eigenvalue weighted by Gasteiger charge is -2.37. The number of hydrogen-bond acceptors (Lipinski definition) is 5. The molecule has 1 amide bonds. The summed E-state index contributed by atoms with van der Waals surface area (Å²) in [5.41, 5.74) is 1.83. The molecule has 6 heteroatoms. The number of nitrogens with zero attached hydrogens (tertiary/aromatic N) is 1. The molecular weight excluding hydrogens is 344 g/mol. The zero-order valence-electron chi connectivity index (χ0n) is 16.0. The lowest BCUT2D eigenvalue weighted by molar-refractivity contribution is -0.133. The highest BCUT2D eigenvalue weighted by molar-refractivity contribution is 5.80. The predicted octanol–water partition coefficient (Wildman–Crippen LogP) is 2.43. The highest BCUT2D eigenvalue weighted by atomic mass is 16.5. The van der Waals surface area contributed by atoms with Crippen molar-refractivity contribution in [3.05, 3.63) is 53.6 Å². The number of methoxy groups -OCH3 is 3. The van der Waals surface area contributed by atoms with Crippen molar-refractivity contribution >= 4 is 5.91 Å². The fourth-order valence-electron chi connectivity index (χ4n) is 3.51. The molecule has 1 fully saturated rings. The SMILES string of the molecule is COc1ccc(OC)c(CC(=O)N2CCNCC2c2ccccc2OC)c1. The van der Waals surface area contributed by atoms with Gasteiger partial charge in [0.2, 0.25) is 5.91 Å². The van der Waals surface area contributed by atoms with Crippen LogP contribution in [0, 0.1) is 0 Å². The van der Waals surface area contributed by atoms with E-state index in [9.17, 15) is 4.79 Å². The highest BCUT2D eigenvalue weighted by Gasteiger charge is 2.30. The Morgan fingerprint density at radius 2 is 1.85 bits per heavy atom. The normalized spacial score (nSPS) is 16.7. The van der Waals surface area contributed by atoms with Crippen LogP contribution in [-0.4, -0.2) is 51.8 Å². The minimum atomic E-state index is -0.0704. The molecule has 1 saturated heterocycles. The monoisotopic (exact) mass is 370 g/mol. The first-order valence-corrected chi connectivity index (χ1v) is 9.02. The maximum atomic E-state index is 13.2. The molecule has 144 valence electrons. The molecule has 6 nitrogen and oxygen atoms in total. The second kappa shape index (κ2) is 8.77. The molecule has 2 aromatic carbocycles. The second-order valence-corrected chi connectivity index (χ2v) is 6.40. The molecular formula is C21H26N2O4. The Morgan fingerprint density at radius 3 is 2.59 bits per heavy atom. The number of ether oxygens (including phenoxy) is 3. The molecule has 27 heavy (non-hydrogen) atoms. The first-order chi connectivity index (χ1) is 13.2. The molecule has 3 rings (SSSR count). The molecule has 1 aliphatic heterocycles. The lowest BCUT2D eigenvalue weighted by atomic mass is 10.0. The van der Waals surface area contributed by atoms with Crippen molar-refractivity contribution in [3.8, 4) is 17.2 Å². The van der Waals surface area contributed by atoms with Crippen LogP contribution in [0.25, 0.3) is 0 Å². The molecule has 0 aromatic heterocycles. The van der Waals surface area contributed by atoms with Gasteiger partial charge in [-0.25, -0.2) is 0 Å². The molecule has 0 saturated carbocycles. The minimum absolute atomic E-state index is 0.0546. The van der Waals surface area contributed by atoms with Gasteiger partial charge < -0.3 is 24.4 Å². The van der Waals surface area contributed by atoms with Crippen molar-refractivity contribution in [1.29, 1.82) is 0 Å². The van der Waals surface area contributed by atoms with E-state index in [4.69, 9.17) is 14.2 Å². The summed E-state index contributed by atoms with van der Waals surface area (Å²) in [6, 6.07) is 13.3. The topological polar surface area (TPSA) is 60.0 Å². The number of piperazine rings is 1. The number of benzene rings is 2. The fraction of sp³-hybridized carbons (Fsp3) is 0.381. The van der Waals surface area contributed by atoms with Gasteiger partial charge in [0.25, 0.3) is 0 Å². The molecule has 1 N–H and O–H groups in total. The zero-order valence-corrected chi connectivity index (χ0v) is 16.0. The van der Waals surface area contributed by atoms with Crippen LogP contribution in [0.2, 0.25) is 0 Å². The molecule has 1 aliphatic rings. The van der Waals surface area contributed by atoms with Crippen LogP contribution in [0.1, 0.15) is 17.2 Å². The summed E-state index contributed by atoms with van der Waals surface area (Å²) in [5, 5.41) is 3.38. The Hall–Kier alpha value is -2.73. The van der Waals surface area contributed by atoms with Gasteiger partial charge in [0.1, 0.15) is 17.2 Å². The first-order valence-electron chi connectivity index (χ1n) is 9.02. The smallest absolute Gasteiger partial charge is 0.227 e. The van der Waals surface area contributed by atoms with E-state index in [1.54, 1.807) is 21.3 Å². The first kappa shape index (κ1) is 19.0. The molecule has 0 radical (unpaired) electrons. The van der Waals surface area contributed by atoms with Crippen molar-refractivity contribution in [3.63, 3.8) is 0 Å². The van der Waals surface area contributed by atoms with Gasteiger partial charge in [-0.15, -0.1) is 0 Å². The van der Waals surface area contributed by atoms with Gasteiger partial charge in [0, 0.05) is 30.8 Å². The number of nitrogens with one attached hydrogen (secondary N) is 1. The van der Waals surface area contributed by atoms with Crippen LogP contribution in [0.15, 0.2) is 42.5 Å². The van der Waals surface area contributed by atoms with Gasteiger partial charge in [-0.2, -0.15) is 0 Å². The Kier molecular flexibility index (Phi) is 6.19. The van der Waals surface area contributed by atoms with E-state index in [0.29, 0.717) is 24.6 Å². The number of amides is 1. The van der Waals surface area contributed by atoms with Crippen LogP contribution in [0.3, 0.4) is 0 Å². The van der Waals surface area contributed by atoms with Crippen molar-refractivity contribution in [2.24, 2.45) is 0 Å². The van der Waals surface area contributed by atoms with Crippen LogP contribution >= 0.6 is 0 Å². The van der Waals surface area contributed by atoms with Crippen molar-refractivity contribution in [1.82, 2.24) is 10.2 Å².